The van der Waals surface area contributed by atoms with Crippen LogP contribution in [0.15, 0.2) is 12.1 Å². The van der Waals surface area contributed by atoms with E-state index in [0.717, 1.165) is 0 Å². The zero-order valence-electron chi connectivity index (χ0n) is 7.24. The van der Waals surface area contributed by atoms with Gasteiger partial charge in [0.05, 0.1) is 12.3 Å². The first-order chi connectivity index (χ1) is 6.17. The second-order valence-electron chi connectivity index (χ2n) is 2.51. The minimum Gasteiger partial charge on any atom is -0.399 e. The zero-order valence-corrected chi connectivity index (χ0v) is 7.24. The number of nitrogens with two attached hydrogens (primary N) is 1. The maximum atomic E-state index is 11.1. The van der Waals surface area contributed by atoms with Crippen molar-refractivity contribution in [3.05, 3.63) is 23.5 Å². The standard InChI is InChI=1S/C8H11N3O2/c1-10-8(13)7-3-5(9)2-6(4-12)11-7/h2-3,12H,4H2,1H3,(H2,9,11)(H,10,13). The Balaban J connectivity index is 3.08. The van der Waals surface area contributed by atoms with Gasteiger partial charge in [0.25, 0.3) is 5.91 Å². The van der Waals surface area contributed by atoms with Gasteiger partial charge >= 0.3 is 0 Å². The highest BCUT2D eigenvalue weighted by molar-refractivity contribution is 5.92. The summed E-state index contributed by atoms with van der Waals surface area (Å²) in [4.78, 5) is 15.0. The van der Waals surface area contributed by atoms with Gasteiger partial charge in [0.1, 0.15) is 5.69 Å². The van der Waals surface area contributed by atoms with Gasteiger partial charge in [-0.1, -0.05) is 0 Å². The van der Waals surface area contributed by atoms with E-state index >= 15 is 0 Å². The topological polar surface area (TPSA) is 88.2 Å². The molecule has 0 aliphatic heterocycles. The zero-order chi connectivity index (χ0) is 9.84. The average molecular weight is 181 g/mol. The molecule has 0 spiro atoms. The summed E-state index contributed by atoms with van der Waals surface area (Å²) in [5.41, 5.74) is 6.51. The molecule has 0 fully saturated rings. The molecule has 1 rings (SSSR count). The fourth-order valence-electron chi connectivity index (χ4n) is 0.937. The molecule has 0 saturated heterocycles. The smallest absolute Gasteiger partial charge is 0.269 e. The van der Waals surface area contributed by atoms with Crippen molar-refractivity contribution in [3.8, 4) is 0 Å². The highest BCUT2D eigenvalue weighted by atomic mass is 16.3. The second-order valence-corrected chi connectivity index (χ2v) is 2.51. The third-order valence-electron chi connectivity index (χ3n) is 1.52. The van der Waals surface area contributed by atoms with Crippen molar-refractivity contribution in [1.29, 1.82) is 0 Å². The van der Waals surface area contributed by atoms with Crippen LogP contribution < -0.4 is 11.1 Å². The molecule has 1 aromatic rings. The van der Waals surface area contributed by atoms with E-state index in [1.165, 1.54) is 19.2 Å². The van der Waals surface area contributed by atoms with Crippen molar-refractivity contribution in [3.63, 3.8) is 0 Å². The Morgan fingerprint density at radius 1 is 1.69 bits per heavy atom. The summed E-state index contributed by atoms with van der Waals surface area (Å²) in [5, 5.41) is 11.2. The molecule has 0 aliphatic rings. The third kappa shape index (κ3) is 2.16. The van der Waals surface area contributed by atoms with Crippen molar-refractivity contribution in [2.75, 3.05) is 12.8 Å². The van der Waals surface area contributed by atoms with Crippen LogP contribution in [0.25, 0.3) is 0 Å². The van der Waals surface area contributed by atoms with Crippen molar-refractivity contribution < 1.29 is 9.90 Å². The number of nitrogens with one attached hydrogen (secondary N) is 1. The van der Waals surface area contributed by atoms with Gasteiger partial charge in [-0.15, -0.1) is 0 Å². The van der Waals surface area contributed by atoms with Gasteiger partial charge in [0.15, 0.2) is 0 Å². The molecule has 0 unspecified atom stereocenters. The number of pyridine rings is 1. The Kier molecular flexibility index (Phi) is 2.81. The summed E-state index contributed by atoms with van der Waals surface area (Å²) in [6.45, 7) is -0.227. The SMILES string of the molecule is CNC(=O)c1cc(N)cc(CO)n1. The van der Waals surface area contributed by atoms with E-state index in [-0.39, 0.29) is 18.2 Å². The molecular formula is C8H11N3O2. The van der Waals surface area contributed by atoms with Crippen LogP contribution in [0.1, 0.15) is 16.2 Å². The Hall–Kier alpha value is -1.62. The first-order valence-electron chi connectivity index (χ1n) is 3.76. The summed E-state index contributed by atoms with van der Waals surface area (Å²) in [7, 11) is 1.51. The lowest BCUT2D eigenvalue weighted by molar-refractivity contribution is 0.0957. The van der Waals surface area contributed by atoms with Gasteiger partial charge in [0.2, 0.25) is 0 Å². The number of anilines is 1. The monoisotopic (exact) mass is 181 g/mol. The molecule has 0 radical (unpaired) electrons. The lowest BCUT2D eigenvalue weighted by Crippen LogP contribution is -2.20. The highest BCUT2D eigenvalue weighted by Gasteiger charge is 2.06. The van der Waals surface area contributed by atoms with Crippen LogP contribution >= 0.6 is 0 Å². The van der Waals surface area contributed by atoms with Crippen LogP contribution in [-0.2, 0) is 6.61 Å². The van der Waals surface area contributed by atoms with E-state index in [0.29, 0.717) is 11.4 Å². The summed E-state index contributed by atoms with van der Waals surface area (Å²) < 4.78 is 0. The molecule has 13 heavy (non-hydrogen) atoms. The number of carbonyl (C=O) groups is 1. The van der Waals surface area contributed by atoms with E-state index in [4.69, 9.17) is 10.8 Å². The fourth-order valence-corrected chi connectivity index (χ4v) is 0.937. The van der Waals surface area contributed by atoms with Crippen LogP contribution in [0.4, 0.5) is 5.69 Å². The molecule has 5 heteroatoms. The van der Waals surface area contributed by atoms with Crippen LogP contribution in [-0.4, -0.2) is 23.0 Å². The van der Waals surface area contributed by atoms with Crippen molar-refractivity contribution in [2.45, 2.75) is 6.61 Å². The van der Waals surface area contributed by atoms with Crippen molar-refractivity contribution in [2.24, 2.45) is 0 Å². The molecule has 0 bridgehead atoms. The Morgan fingerprint density at radius 3 is 2.92 bits per heavy atom. The van der Waals surface area contributed by atoms with Crippen molar-refractivity contribution in [1.82, 2.24) is 10.3 Å². The van der Waals surface area contributed by atoms with Gasteiger partial charge in [-0.2, -0.15) is 0 Å². The molecule has 1 amide bonds. The normalized spacial score (nSPS) is 9.69. The number of aliphatic hydroxyl groups excluding tert-OH is 1. The largest absolute Gasteiger partial charge is 0.399 e. The van der Waals surface area contributed by atoms with E-state index in [2.05, 4.69) is 10.3 Å². The summed E-state index contributed by atoms with van der Waals surface area (Å²) >= 11 is 0. The number of rotatable bonds is 2. The van der Waals surface area contributed by atoms with Gasteiger partial charge in [-0.3, -0.25) is 4.79 Å². The minimum atomic E-state index is -0.318. The van der Waals surface area contributed by atoms with Crippen LogP contribution in [0, 0.1) is 0 Å². The lowest BCUT2D eigenvalue weighted by Gasteiger charge is -2.02. The number of hydrogen-bond donors (Lipinski definition) is 3. The van der Waals surface area contributed by atoms with Crippen molar-refractivity contribution >= 4 is 11.6 Å². The molecule has 1 aromatic heterocycles. The Morgan fingerprint density at radius 2 is 2.38 bits per heavy atom. The number of nitrogen functional groups attached to an aromatic ring is 1. The van der Waals surface area contributed by atoms with E-state index in [9.17, 15) is 4.79 Å². The molecule has 5 nitrogen and oxygen atoms in total. The predicted octanol–water partition coefficient (Wildman–Crippen LogP) is -0.484. The molecule has 70 valence electrons. The number of carbonyl (C=O) groups excluding carboxylic acids is 1. The lowest BCUT2D eigenvalue weighted by atomic mass is 10.2. The number of aromatic nitrogens is 1. The highest BCUT2D eigenvalue weighted by Crippen LogP contribution is 2.07. The number of hydrogen-bond acceptors (Lipinski definition) is 4. The molecule has 1 heterocycles. The molecule has 4 N–H and O–H groups in total. The third-order valence-corrected chi connectivity index (χ3v) is 1.52. The molecule has 0 saturated carbocycles. The number of amides is 1. The van der Waals surface area contributed by atoms with Gasteiger partial charge in [0, 0.05) is 12.7 Å². The van der Waals surface area contributed by atoms with Gasteiger partial charge in [-0.05, 0) is 12.1 Å². The first kappa shape index (κ1) is 9.47. The predicted molar refractivity (Wildman–Crippen MR) is 48.0 cm³/mol. The van der Waals surface area contributed by atoms with E-state index in [1.807, 2.05) is 0 Å². The quantitative estimate of drug-likeness (QED) is 0.574. The van der Waals surface area contributed by atoms with Crippen LogP contribution in [0.2, 0.25) is 0 Å². The second kappa shape index (κ2) is 3.86. The summed E-state index contributed by atoms with van der Waals surface area (Å²) in [5.74, 6) is -0.318. The maximum absolute atomic E-state index is 11.1. The fraction of sp³-hybridized carbons (Fsp3) is 0.250. The van der Waals surface area contributed by atoms with Gasteiger partial charge < -0.3 is 16.2 Å². The molecule has 0 atom stereocenters. The maximum Gasteiger partial charge on any atom is 0.269 e. The minimum absolute atomic E-state index is 0.214. The Bertz CT molecular complexity index is 325. The van der Waals surface area contributed by atoms with Crippen LogP contribution in [0.3, 0.4) is 0 Å². The number of aliphatic hydroxyl groups is 1. The molecule has 0 aliphatic carbocycles. The first-order valence-corrected chi connectivity index (χ1v) is 3.76. The molecular weight excluding hydrogens is 170 g/mol. The van der Waals surface area contributed by atoms with E-state index < -0.39 is 0 Å². The average Bonchev–Trinajstić information content (AvgIpc) is 2.15. The van der Waals surface area contributed by atoms with E-state index in [1.54, 1.807) is 0 Å². The van der Waals surface area contributed by atoms with Gasteiger partial charge in [-0.25, -0.2) is 4.98 Å². The van der Waals surface area contributed by atoms with Crippen LogP contribution in [0.5, 0.6) is 0 Å². The summed E-state index contributed by atoms with van der Waals surface area (Å²) in [6, 6.07) is 2.98. The Labute approximate surface area is 75.6 Å². The number of nitrogens with zero attached hydrogens (tertiary/aromatic N) is 1. The summed E-state index contributed by atoms with van der Waals surface area (Å²) in [6.07, 6.45) is 0. The molecule has 0 aromatic carbocycles.